The van der Waals surface area contributed by atoms with Crippen molar-refractivity contribution in [2.75, 3.05) is 33.3 Å². The number of likely N-dealkylation sites (N-methyl/N-ethyl adjacent to an activating group) is 1. The molecule has 0 aromatic carbocycles. The maximum absolute atomic E-state index is 8.53. The molecule has 1 fully saturated rings. The van der Waals surface area contributed by atoms with E-state index in [0.29, 0.717) is 6.61 Å². The van der Waals surface area contributed by atoms with Crippen LogP contribution in [0.4, 0.5) is 0 Å². The molecule has 4 heteroatoms. The van der Waals surface area contributed by atoms with E-state index < -0.39 is 0 Å². The van der Waals surface area contributed by atoms with Crippen LogP contribution in [0.1, 0.15) is 32.6 Å². The van der Waals surface area contributed by atoms with Crippen LogP contribution in [0, 0.1) is 11.3 Å². The second kappa shape index (κ2) is 8.46. The number of nitriles is 1. The van der Waals surface area contributed by atoms with Crippen LogP contribution in [0.3, 0.4) is 0 Å². The van der Waals surface area contributed by atoms with Crippen molar-refractivity contribution < 1.29 is 4.74 Å². The molecule has 1 aliphatic rings. The first-order chi connectivity index (χ1) is 8.24. The highest BCUT2D eigenvalue weighted by atomic mass is 16.5. The molecule has 0 aromatic rings. The summed E-state index contributed by atoms with van der Waals surface area (Å²) in [6, 6.07) is 2.85. The van der Waals surface area contributed by atoms with E-state index in [0.717, 1.165) is 25.7 Å². The molecule has 1 saturated carbocycles. The zero-order valence-electron chi connectivity index (χ0n) is 11.1. The lowest BCUT2D eigenvalue weighted by molar-refractivity contribution is 0.103. The van der Waals surface area contributed by atoms with Crippen LogP contribution in [-0.2, 0) is 4.74 Å². The summed E-state index contributed by atoms with van der Waals surface area (Å²) in [5.41, 5.74) is 0. The Morgan fingerprint density at radius 1 is 1.41 bits per heavy atom. The van der Waals surface area contributed by atoms with Crippen molar-refractivity contribution in [3.63, 3.8) is 0 Å². The first kappa shape index (κ1) is 14.4. The minimum absolute atomic E-state index is 0.294. The summed E-state index contributed by atoms with van der Waals surface area (Å²) < 4.78 is 5.26. The molecule has 0 radical (unpaired) electrons. The Morgan fingerprint density at radius 2 is 2.12 bits per heavy atom. The predicted octanol–water partition coefficient (Wildman–Crippen LogP) is 1.38. The fourth-order valence-electron chi connectivity index (χ4n) is 2.25. The Labute approximate surface area is 105 Å². The van der Waals surface area contributed by atoms with Crippen LogP contribution in [0.2, 0.25) is 0 Å². The quantitative estimate of drug-likeness (QED) is 0.650. The molecular weight excluding hydrogens is 214 g/mol. The molecule has 0 amide bonds. The maximum Gasteiger partial charge on any atom is 0.141 e. The maximum atomic E-state index is 8.53. The normalized spacial score (nSPS) is 18.5. The lowest BCUT2D eigenvalue weighted by Gasteiger charge is -2.23. The number of hydrogen-bond acceptors (Lipinski definition) is 4. The third-order valence-electron chi connectivity index (χ3n) is 3.42. The number of hydrogen-bond donors (Lipinski definition) is 1. The van der Waals surface area contributed by atoms with Crippen molar-refractivity contribution in [3.8, 4) is 6.07 Å². The molecule has 1 unspecified atom stereocenters. The average molecular weight is 239 g/mol. The highest BCUT2D eigenvalue weighted by molar-refractivity contribution is 4.79. The largest absolute Gasteiger partial charge is 0.362 e. The van der Waals surface area contributed by atoms with Gasteiger partial charge in [0, 0.05) is 25.7 Å². The molecule has 0 saturated heterocycles. The van der Waals surface area contributed by atoms with Crippen LogP contribution in [0.15, 0.2) is 0 Å². The first-order valence-electron chi connectivity index (χ1n) is 6.66. The monoisotopic (exact) mass is 239 g/mol. The van der Waals surface area contributed by atoms with Gasteiger partial charge in [0.15, 0.2) is 0 Å². The van der Waals surface area contributed by atoms with Crippen molar-refractivity contribution in [2.24, 2.45) is 0 Å². The Balaban J connectivity index is 1.91. The molecule has 0 spiro atoms. The topological polar surface area (TPSA) is 48.3 Å². The Kier molecular flexibility index (Phi) is 7.18. The van der Waals surface area contributed by atoms with Gasteiger partial charge in [0.05, 0.1) is 12.7 Å². The molecular formula is C13H25N3O. The van der Waals surface area contributed by atoms with E-state index in [4.69, 9.17) is 10.00 Å². The van der Waals surface area contributed by atoms with Gasteiger partial charge in [-0.1, -0.05) is 12.8 Å². The fourth-order valence-corrected chi connectivity index (χ4v) is 2.25. The minimum Gasteiger partial charge on any atom is -0.362 e. The van der Waals surface area contributed by atoms with Gasteiger partial charge in [0.2, 0.25) is 0 Å². The molecule has 1 rings (SSSR count). The first-order valence-corrected chi connectivity index (χ1v) is 6.66. The van der Waals surface area contributed by atoms with E-state index in [1.807, 2.05) is 0 Å². The minimum atomic E-state index is -0.294. The summed E-state index contributed by atoms with van der Waals surface area (Å²) in [5, 5.41) is 11.9. The summed E-state index contributed by atoms with van der Waals surface area (Å²) in [5.74, 6) is 0. The molecule has 17 heavy (non-hydrogen) atoms. The van der Waals surface area contributed by atoms with Crippen LogP contribution in [0.25, 0.3) is 0 Å². The number of nitrogens with one attached hydrogen (secondary N) is 1. The summed E-state index contributed by atoms with van der Waals surface area (Å²) in [7, 11) is 2.21. The van der Waals surface area contributed by atoms with Crippen molar-refractivity contribution in [2.45, 2.75) is 44.8 Å². The van der Waals surface area contributed by atoms with Crippen LogP contribution in [-0.4, -0.2) is 50.3 Å². The second-order valence-corrected chi connectivity index (χ2v) is 4.81. The van der Waals surface area contributed by atoms with Crippen molar-refractivity contribution in [1.29, 1.82) is 5.26 Å². The van der Waals surface area contributed by atoms with Crippen LogP contribution >= 0.6 is 0 Å². The molecule has 98 valence electrons. The third kappa shape index (κ3) is 6.02. The van der Waals surface area contributed by atoms with E-state index in [1.165, 1.54) is 25.7 Å². The van der Waals surface area contributed by atoms with Gasteiger partial charge in [-0.15, -0.1) is 0 Å². The molecule has 0 bridgehead atoms. The van der Waals surface area contributed by atoms with Gasteiger partial charge in [-0.05, 0) is 26.8 Å². The summed E-state index contributed by atoms with van der Waals surface area (Å²) >= 11 is 0. The molecule has 4 nitrogen and oxygen atoms in total. The smallest absolute Gasteiger partial charge is 0.141 e. The molecule has 1 atom stereocenters. The van der Waals surface area contributed by atoms with E-state index in [-0.39, 0.29) is 6.10 Å². The van der Waals surface area contributed by atoms with Gasteiger partial charge >= 0.3 is 0 Å². The Morgan fingerprint density at radius 3 is 2.76 bits per heavy atom. The Bertz CT molecular complexity index is 233. The van der Waals surface area contributed by atoms with E-state index in [9.17, 15) is 0 Å². The molecule has 0 aromatic heterocycles. The van der Waals surface area contributed by atoms with E-state index in [2.05, 4.69) is 23.3 Å². The van der Waals surface area contributed by atoms with Gasteiger partial charge in [-0.3, -0.25) is 0 Å². The van der Waals surface area contributed by atoms with Gasteiger partial charge < -0.3 is 15.0 Å². The third-order valence-corrected chi connectivity index (χ3v) is 3.42. The zero-order chi connectivity index (χ0) is 12.5. The van der Waals surface area contributed by atoms with Gasteiger partial charge in [-0.25, -0.2) is 0 Å². The SMILES string of the molecule is CC(C#N)OCCNCCN(C)C1CCCC1. The summed E-state index contributed by atoms with van der Waals surface area (Å²) in [4.78, 5) is 2.46. The highest BCUT2D eigenvalue weighted by Crippen LogP contribution is 2.21. The van der Waals surface area contributed by atoms with Crippen molar-refractivity contribution in [3.05, 3.63) is 0 Å². The zero-order valence-corrected chi connectivity index (χ0v) is 11.1. The van der Waals surface area contributed by atoms with Gasteiger partial charge in [-0.2, -0.15) is 5.26 Å². The number of ether oxygens (including phenoxy) is 1. The van der Waals surface area contributed by atoms with E-state index in [1.54, 1.807) is 6.92 Å². The number of nitrogens with zero attached hydrogens (tertiary/aromatic N) is 2. The van der Waals surface area contributed by atoms with Crippen LogP contribution in [0.5, 0.6) is 0 Å². The average Bonchev–Trinajstić information content (AvgIpc) is 2.86. The standard InChI is InChI=1S/C13H25N3O/c1-12(11-14)17-10-8-15-7-9-16(2)13-5-3-4-6-13/h12-13,15H,3-10H2,1-2H3. The summed E-state index contributed by atoms with van der Waals surface area (Å²) in [6.07, 6.45) is 5.21. The molecule has 0 heterocycles. The van der Waals surface area contributed by atoms with Crippen molar-refractivity contribution >= 4 is 0 Å². The van der Waals surface area contributed by atoms with Crippen LogP contribution < -0.4 is 5.32 Å². The number of rotatable bonds is 8. The van der Waals surface area contributed by atoms with Gasteiger partial charge in [0.1, 0.15) is 6.10 Å². The molecule has 0 aliphatic heterocycles. The second-order valence-electron chi connectivity index (χ2n) is 4.81. The van der Waals surface area contributed by atoms with E-state index >= 15 is 0 Å². The fraction of sp³-hybridized carbons (Fsp3) is 0.923. The highest BCUT2D eigenvalue weighted by Gasteiger charge is 2.18. The summed E-state index contributed by atoms with van der Waals surface area (Å²) in [6.45, 7) is 5.30. The lowest BCUT2D eigenvalue weighted by Crippen LogP contribution is -2.36. The molecule has 1 N–H and O–H groups in total. The predicted molar refractivity (Wildman–Crippen MR) is 68.8 cm³/mol. The molecule has 1 aliphatic carbocycles. The van der Waals surface area contributed by atoms with Crippen molar-refractivity contribution in [1.82, 2.24) is 10.2 Å². The van der Waals surface area contributed by atoms with Gasteiger partial charge in [0.25, 0.3) is 0 Å². The lowest BCUT2D eigenvalue weighted by atomic mass is 10.2. The Hall–Kier alpha value is -0.630.